The SMILES string of the molecule is CCOC(=O)C1(C(=O)OCC)C/C(=C/[Si](C)(C)C)[C@H]2C[C@H]2C1. The van der Waals surface area contributed by atoms with E-state index in [-0.39, 0.29) is 0 Å². The van der Waals surface area contributed by atoms with Crippen LogP contribution in [-0.4, -0.2) is 33.2 Å². The smallest absolute Gasteiger partial charge is 0.323 e. The predicted molar refractivity (Wildman–Crippen MR) is 88.0 cm³/mol. The zero-order chi connectivity index (χ0) is 16.5. The first-order valence-electron chi connectivity index (χ1n) is 8.29. The molecule has 0 unspecified atom stereocenters. The minimum absolute atomic E-state index is 0.293. The normalized spacial score (nSPS) is 28.0. The number of hydrogen-bond donors (Lipinski definition) is 0. The average Bonchev–Trinajstić information content (AvgIpc) is 3.16. The minimum atomic E-state index is -1.40. The van der Waals surface area contributed by atoms with Crippen LogP contribution in [-0.2, 0) is 19.1 Å². The molecule has 0 aliphatic heterocycles. The molecule has 0 radical (unpaired) electrons. The Hall–Kier alpha value is -1.10. The lowest BCUT2D eigenvalue weighted by molar-refractivity contribution is -0.173. The van der Waals surface area contributed by atoms with Gasteiger partial charge in [0.15, 0.2) is 5.41 Å². The van der Waals surface area contributed by atoms with Crippen LogP contribution < -0.4 is 0 Å². The highest BCUT2D eigenvalue weighted by Crippen LogP contribution is 2.59. The van der Waals surface area contributed by atoms with Crippen molar-refractivity contribution < 1.29 is 19.1 Å². The van der Waals surface area contributed by atoms with E-state index in [1.807, 2.05) is 0 Å². The van der Waals surface area contributed by atoms with Gasteiger partial charge in [0, 0.05) is 0 Å². The quantitative estimate of drug-likeness (QED) is 0.442. The Kier molecular flexibility index (Phi) is 4.85. The lowest BCUT2D eigenvalue weighted by Gasteiger charge is -2.34. The molecule has 0 spiro atoms. The first kappa shape index (κ1) is 17.3. The fourth-order valence-corrected chi connectivity index (χ4v) is 5.00. The summed E-state index contributed by atoms with van der Waals surface area (Å²) in [5.41, 5.74) is 2.54. The first-order valence-corrected chi connectivity index (χ1v) is 11.9. The van der Waals surface area contributed by atoms with Crippen molar-refractivity contribution in [3.63, 3.8) is 0 Å². The Bertz CT molecular complexity index is 471. The number of hydrogen-bond acceptors (Lipinski definition) is 4. The molecular formula is C17H28O4Si. The second-order valence-electron chi connectivity index (χ2n) is 7.59. The number of allylic oxidation sites excluding steroid dienone is 1. The molecule has 0 bridgehead atoms. The van der Waals surface area contributed by atoms with E-state index in [9.17, 15) is 9.59 Å². The molecule has 2 fully saturated rings. The number of carbonyl (C=O) groups excluding carboxylic acids is 2. The van der Waals surface area contributed by atoms with Crippen LogP contribution in [0.1, 0.15) is 33.1 Å². The number of fused-ring (bicyclic) bond motifs is 1. The molecule has 0 heterocycles. The van der Waals surface area contributed by atoms with Crippen molar-refractivity contribution in [2.45, 2.75) is 52.8 Å². The van der Waals surface area contributed by atoms with E-state index < -0.39 is 25.4 Å². The third kappa shape index (κ3) is 3.45. The Morgan fingerprint density at radius 3 is 2.18 bits per heavy atom. The van der Waals surface area contributed by atoms with Crippen LogP contribution in [0.4, 0.5) is 0 Å². The highest BCUT2D eigenvalue weighted by atomic mass is 28.3. The summed E-state index contributed by atoms with van der Waals surface area (Å²) in [6.07, 6.45) is 2.16. The molecule has 22 heavy (non-hydrogen) atoms. The maximum absolute atomic E-state index is 12.6. The van der Waals surface area contributed by atoms with Crippen LogP contribution in [0.15, 0.2) is 11.3 Å². The Morgan fingerprint density at radius 2 is 1.73 bits per heavy atom. The Balaban J connectivity index is 2.35. The van der Waals surface area contributed by atoms with E-state index in [1.165, 1.54) is 5.57 Å². The van der Waals surface area contributed by atoms with Crippen LogP contribution in [0.25, 0.3) is 0 Å². The van der Waals surface area contributed by atoms with Gasteiger partial charge in [0.2, 0.25) is 0 Å². The molecule has 2 atom stereocenters. The molecule has 2 rings (SSSR count). The third-order valence-electron chi connectivity index (χ3n) is 4.47. The molecular weight excluding hydrogens is 296 g/mol. The van der Waals surface area contributed by atoms with E-state index in [0.29, 0.717) is 37.9 Å². The molecule has 2 aliphatic carbocycles. The maximum atomic E-state index is 12.6. The summed E-state index contributed by atoms with van der Waals surface area (Å²) in [6.45, 7) is 11.0. The topological polar surface area (TPSA) is 52.6 Å². The van der Waals surface area contributed by atoms with Crippen LogP contribution in [0, 0.1) is 17.3 Å². The molecule has 0 aromatic rings. The largest absolute Gasteiger partial charge is 0.465 e. The third-order valence-corrected chi connectivity index (χ3v) is 5.70. The summed E-state index contributed by atoms with van der Waals surface area (Å²) >= 11 is 0. The molecule has 2 saturated carbocycles. The van der Waals surface area contributed by atoms with Crippen molar-refractivity contribution in [3.05, 3.63) is 11.3 Å². The van der Waals surface area contributed by atoms with Gasteiger partial charge in [-0.15, -0.1) is 0 Å². The van der Waals surface area contributed by atoms with Crippen molar-refractivity contribution in [3.8, 4) is 0 Å². The fourth-order valence-electron chi connectivity index (χ4n) is 3.57. The average molecular weight is 324 g/mol. The number of ether oxygens (including phenoxy) is 2. The van der Waals surface area contributed by atoms with Gasteiger partial charge in [0.1, 0.15) is 0 Å². The predicted octanol–water partition coefficient (Wildman–Crippen LogP) is 3.33. The summed E-state index contributed by atoms with van der Waals surface area (Å²) in [6, 6.07) is 0. The van der Waals surface area contributed by atoms with Gasteiger partial charge < -0.3 is 9.47 Å². The van der Waals surface area contributed by atoms with Crippen molar-refractivity contribution in [2.24, 2.45) is 17.3 Å². The van der Waals surface area contributed by atoms with Crippen molar-refractivity contribution in [1.82, 2.24) is 0 Å². The zero-order valence-electron chi connectivity index (χ0n) is 14.4. The first-order chi connectivity index (χ1) is 10.2. The van der Waals surface area contributed by atoms with Crippen LogP contribution in [0.5, 0.6) is 0 Å². The molecule has 0 aromatic carbocycles. The molecule has 2 aliphatic rings. The van der Waals surface area contributed by atoms with Gasteiger partial charge in [-0.2, -0.15) is 0 Å². The molecule has 0 amide bonds. The van der Waals surface area contributed by atoms with Gasteiger partial charge >= 0.3 is 11.9 Å². The maximum Gasteiger partial charge on any atom is 0.323 e. The molecule has 0 saturated heterocycles. The molecule has 0 aromatic heterocycles. The molecule has 0 N–H and O–H groups in total. The Morgan fingerprint density at radius 1 is 1.18 bits per heavy atom. The van der Waals surface area contributed by atoms with Gasteiger partial charge in [-0.25, -0.2) is 0 Å². The summed E-state index contributed by atoms with van der Waals surface area (Å²) < 4.78 is 10.5. The standard InChI is InChI=1S/C17H28O4Si/c1-6-20-15(18)17(16(19)21-7-2)9-12-8-14(12)13(10-17)11-22(3,4)5/h11-12,14H,6-10H2,1-5H3/b13-11-/t12-,14-/m0/s1. The highest BCUT2D eigenvalue weighted by Gasteiger charge is 2.60. The summed E-state index contributed by atoms with van der Waals surface area (Å²) in [7, 11) is -1.40. The lowest BCUT2D eigenvalue weighted by Crippen LogP contribution is -2.45. The van der Waals surface area contributed by atoms with Gasteiger partial charge in [0.25, 0.3) is 0 Å². The van der Waals surface area contributed by atoms with E-state index in [0.717, 1.165) is 6.42 Å². The van der Waals surface area contributed by atoms with Gasteiger partial charge in [-0.05, 0) is 44.9 Å². The van der Waals surface area contributed by atoms with Crippen molar-refractivity contribution >= 4 is 20.0 Å². The monoisotopic (exact) mass is 324 g/mol. The molecule has 4 nitrogen and oxygen atoms in total. The van der Waals surface area contributed by atoms with Gasteiger partial charge in [-0.1, -0.05) is 30.9 Å². The summed E-state index contributed by atoms with van der Waals surface area (Å²) in [5, 5.41) is 0. The molecule has 5 heteroatoms. The summed E-state index contributed by atoms with van der Waals surface area (Å²) in [4.78, 5) is 25.1. The van der Waals surface area contributed by atoms with E-state index in [4.69, 9.17) is 9.47 Å². The van der Waals surface area contributed by atoms with E-state index in [1.54, 1.807) is 13.8 Å². The van der Waals surface area contributed by atoms with Crippen molar-refractivity contribution in [1.29, 1.82) is 0 Å². The van der Waals surface area contributed by atoms with Crippen molar-refractivity contribution in [2.75, 3.05) is 13.2 Å². The summed E-state index contributed by atoms with van der Waals surface area (Å²) in [5.74, 6) is 0.203. The van der Waals surface area contributed by atoms with Crippen LogP contribution in [0.2, 0.25) is 19.6 Å². The van der Waals surface area contributed by atoms with E-state index >= 15 is 0 Å². The second-order valence-corrected chi connectivity index (χ2v) is 12.6. The zero-order valence-corrected chi connectivity index (χ0v) is 15.4. The number of rotatable bonds is 5. The lowest BCUT2D eigenvalue weighted by atomic mass is 9.72. The van der Waals surface area contributed by atoms with Crippen LogP contribution in [0.3, 0.4) is 0 Å². The fraction of sp³-hybridized carbons (Fsp3) is 0.765. The Labute approximate surface area is 134 Å². The number of carbonyl (C=O) groups is 2. The van der Waals surface area contributed by atoms with Gasteiger partial charge in [0.05, 0.1) is 21.3 Å². The number of esters is 2. The van der Waals surface area contributed by atoms with Gasteiger partial charge in [-0.3, -0.25) is 9.59 Å². The van der Waals surface area contributed by atoms with E-state index in [2.05, 4.69) is 25.3 Å². The minimum Gasteiger partial charge on any atom is -0.465 e. The highest BCUT2D eigenvalue weighted by molar-refractivity contribution is 6.81. The van der Waals surface area contributed by atoms with Crippen LogP contribution >= 0.6 is 0 Å². The molecule has 124 valence electrons. The second kappa shape index (κ2) is 6.18.